The molecule has 0 radical (unpaired) electrons. The number of carboxylic acid groups (broad SMARTS) is 1. The van der Waals surface area contributed by atoms with Gasteiger partial charge in [0.05, 0.1) is 0 Å². The monoisotopic (exact) mass is 265 g/mol. The van der Waals surface area contributed by atoms with Crippen molar-refractivity contribution in [3.8, 4) is 5.75 Å². The van der Waals surface area contributed by atoms with E-state index < -0.39 is 11.8 Å². The van der Waals surface area contributed by atoms with Gasteiger partial charge in [-0.3, -0.25) is 4.90 Å². The van der Waals surface area contributed by atoms with Crippen LogP contribution in [0.1, 0.15) is 23.2 Å². The number of benzene rings is 1. The van der Waals surface area contributed by atoms with E-state index in [0.717, 1.165) is 38.5 Å². The van der Waals surface area contributed by atoms with E-state index >= 15 is 0 Å². The highest BCUT2D eigenvalue weighted by Gasteiger charge is 2.36. The lowest BCUT2D eigenvalue weighted by molar-refractivity contribution is -0.00850. The molecule has 0 spiro atoms. The second-order valence-electron chi connectivity index (χ2n) is 5.21. The first-order valence-electron chi connectivity index (χ1n) is 6.56. The van der Waals surface area contributed by atoms with Crippen LogP contribution in [0.3, 0.4) is 0 Å². The number of nitrogens with zero attached hydrogens (tertiary/aromatic N) is 1. The lowest BCUT2D eigenvalue weighted by Gasteiger charge is -2.44. The van der Waals surface area contributed by atoms with Gasteiger partial charge in [-0.25, -0.2) is 9.18 Å². The van der Waals surface area contributed by atoms with E-state index in [-0.39, 0.29) is 17.4 Å². The number of fused-ring (bicyclic) bond motifs is 3. The van der Waals surface area contributed by atoms with Gasteiger partial charge in [-0.2, -0.15) is 0 Å². The van der Waals surface area contributed by atoms with Crippen LogP contribution in [0.4, 0.5) is 4.39 Å². The molecule has 3 aliphatic heterocycles. The quantitative estimate of drug-likeness (QED) is 0.908. The third-order valence-corrected chi connectivity index (χ3v) is 4.06. The van der Waals surface area contributed by atoms with Crippen molar-refractivity contribution in [2.24, 2.45) is 5.92 Å². The van der Waals surface area contributed by atoms with Gasteiger partial charge < -0.3 is 9.84 Å². The third-order valence-electron chi connectivity index (χ3n) is 4.06. The molecule has 1 aromatic carbocycles. The number of carbonyl (C=O) groups is 1. The van der Waals surface area contributed by atoms with E-state index in [1.165, 1.54) is 12.1 Å². The first-order valence-corrected chi connectivity index (χ1v) is 6.56. The predicted molar refractivity (Wildman–Crippen MR) is 66.9 cm³/mol. The van der Waals surface area contributed by atoms with Crippen molar-refractivity contribution in [3.05, 3.63) is 29.6 Å². The molecule has 19 heavy (non-hydrogen) atoms. The van der Waals surface area contributed by atoms with Crippen LogP contribution in [0.2, 0.25) is 0 Å². The van der Waals surface area contributed by atoms with Gasteiger partial charge in [-0.1, -0.05) is 6.07 Å². The summed E-state index contributed by atoms with van der Waals surface area (Å²) in [5, 5.41) is 9.08. The highest BCUT2D eigenvalue weighted by atomic mass is 19.1. The Kier molecular flexibility index (Phi) is 3.14. The molecule has 1 aromatic rings. The van der Waals surface area contributed by atoms with Crippen molar-refractivity contribution in [1.29, 1.82) is 0 Å². The molecule has 3 saturated heterocycles. The molecule has 2 bridgehead atoms. The maximum Gasteiger partial charge on any atom is 0.342 e. The van der Waals surface area contributed by atoms with Gasteiger partial charge in [0, 0.05) is 6.54 Å². The molecule has 3 fully saturated rings. The Labute approximate surface area is 110 Å². The van der Waals surface area contributed by atoms with Gasteiger partial charge in [0.2, 0.25) is 0 Å². The molecule has 102 valence electrons. The van der Waals surface area contributed by atoms with Crippen LogP contribution < -0.4 is 4.74 Å². The molecule has 0 saturated carbocycles. The number of piperidine rings is 3. The molecular formula is C14H16FNO3. The first-order chi connectivity index (χ1) is 9.15. The number of carboxylic acids is 1. The van der Waals surface area contributed by atoms with Gasteiger partial charge in [-0.15, -0.1) is 0 Å². The number of hydrogen-bond acceptors (Lipinski definition) is 3. The topological polar surface area (TPSA) is 49.8 Å². The number of halogens is 1. The summed E-state index contributed by atoms with van der Waals surface area (Å²) >= 11 is 0. The van der Waals surface area contributed by atoms with Crippen molar-refractivity contribution in [1.82, 2.24) is 4.90 Å². The standard InChI is InChI=1S/C14H16FNO3/c15-10-2-1-3-11(13(10)14(17)18)19-12-8-16-6-4-9(12)5-7-16/h1-3,9,12H,4-8H2,(H,17,18). The van der Waals surface area contributed by atoms with E-state index in [9.17, 15) is 9.18 Å². The number of rotatable bonds is 3. The van der Waals surface area contributed by atoms with Crippen molar-refractivity contribution in [2.75, 3.05) is 19.6 Å². The lowest BCUT2D eigenvalue weighted by Crippen LogP contribution is -2.52. The first kappa shape index (κ1) is 12.4. The third kappa shape index (κ3) is 2.30. The minimum absolute atomic E-state index is 0.0256. The fourth-order valence-corrected chi connectivity index (χ4v) is 3.02. The molecule has 1 N–H and O–H groups in total. The Hall–Kier alpha value is -1.62. The summed E-state index contributed by atoms with van der Waals surface area (Å²) in [7, 11) is 0. The molecule has 0 amide bonds. The van der Waals surface area contributed by atoms with Crippen LogP contribution in [0.25, 0.3) is 0 Å². The maximum atomic E-state index is 13.6. The van der Waals surface area contributed by atoms with Crippen LogP contribution in [-0.4, -0.2) is 41.7 Å². The van der Waals surface area contributed by atoms with Gasteiger partial charge in [0.25, 0.3) is 0 Å². The molecule has 4 nitrogen and oxygen atoms in total. The SMILES string of the molecule is O=C(O)c1c(F)cccc1OC1CN2CCC1CC2. The molecule has 3 aliphatic rings. The minimum atomic E-state index is -1.28. The highest BCUT2D eigenvalue weighted by Crippen LogP contribution is 2.32. The van der Waals surface area contributed by atoms with Crippen molar-refractivity contribution >= 4 is 5.97 Å². The number of aromatic carboxylic acids is 1. The Morgan fingerprint density at radius 2 is 2.11 bits per heavy atom. The van der Waals surface area contributed by atoms with E-state index in [0.29, 0.717) is 5.92 Å². The normalized spacial score (nSPS) is 29.2. The molecule has 0 aromatic heterocycles. The van der Waals surface area contributed by atoms with Crippen LogP contribution >= 0.6 is 0 Å². The van der Waals surface area contributed by atoms with Crippen molar-refractivity contribution in [2.45, 2.75) is 18.9 Å². The van der Waals surface area contributed by atoms with Crippen LogP contribution in [-0.2, 0) is 0 Å². The van der Waals surface area contributed by atoms with Crippen molar-refractivity contribution in [3.63, 3.8) is 0 Å². The smallest absolute Gasteiger partial charge is 0.342 e. The number of ether oxygens (including phenoxy) is 1. The van der Waals surface area contributed by atoms with E-state index in [2.05, 4.69) is 4.90 Å². The molecule has 5 heteroatoms. The second-order valence-corrected chi connectivity index (χ2v) is 5.21. The minimum Gasteiger partial charge on any atom is -0.488 e. The summed E-state index contributed by atoms with van der Waals surface area (Å²) in [6.45, 7) is 2.97. The molecule has 1 unspecified atom stereocenters. The Morgan fingerprint density at radius 3 is 2.68 bits per heavy atom. The Balaban J connectivity index is 1.84. The molecule has 4 rings (SSSR count). The zero-order valence-electron chi connectivity index (χ0n) is 10.5. The Bertz CT molecular complexity index is 497. The lowest BCUT2D eigenvalue weighted by atomic mass is 9.86. The van der Waals surface area contributed by atoms with Crippen LogP contribution in [0.5, 0.6) is 5.75 Å². The van der Waals surface area contributed by atoms with E-state index in [1.807, 2.05) is 0 Å². The zero-order valence-corrected chi connectivity index (χ0v) is 10.5. The second kappa shape index (κ2) is 4.81. The molecule has 3 heterocycles. The van der Waals surface area contributed by atoms with E-state index in [1.54, 1.807) is 0 Å². The van der Waals surface area contributed by atoms with Crippen molar-refractivity contribution < 1.29 is 19.0 Å². The van der Waals surface area contributed by atoms with Crippen LogP contribution in [0.15, 0.2) is 18.2 Å². The molecule has 0 aliphatic carbocycles. The summed E-state index contributed by atoms with van der Waals surface area (Å²) in [5.41, 5.74) is -0.362. The fraction of sp³-hybridized carbons (Fsp3) is 0.500. The number of hydrogen-bond donors (Lipinski definition) is 1. The summed E-state index contributed by atoms with van der Waals surface area (Å²) in [6.07, 6.45) is 2.12. The van der Waals surface area contributed by atoms with Gasteiger partial charge >= 0.3 is 5.97 Å². The summed E-state index contributed by atoms with van der Waals surface area (Å²) < 4.78 is 19.4. The molecule has 1 atom stereocenters. The summed E-state index contributed by atoms with van der Waals surface area (Å²) in [4.78, 5) is 13.4. The fourth-order valence-electron chi connectivity index (χ4n) is 3.02. The molecular weight excluding hydrogens is 249 g/mol. The predicted octanol–water partition coefficient (Wildman–Crippen LogP) is 2.00. The Morgan fingerprint density at radius 1 is 1.37 bits per heavy atom. The average molecular weight is 265 g/mol. The zero-order chi connectivity index (χ0) is 13.4. The van der Waals surface area contributed by atoms with E-state index in [4.69, 9.17) is 9.84 Å². The highest BCUT2D eigenvalue weighted by molar-refractivity contribution is 5.91. The average Bonchev–Trinajstić information content (AvgIpc) is 2.39. The van der Waals surface area contributed by atoms with Gasteiger partial charge in [0.1, 0.15) is 23.2 Å². The van der Waals surface area contributed by atoms with Gasteiger partial charge in [0.15, 0.2) is 0 Å². The maximum absolute atomic E-state index is 13.6. The summed E-state index contributed by atoms with van der Waals surface area (Å²) in [6, 6.07) is 4.16. The van der Waals surface area contributed by atoms with Gasteiger partial charge in [-0.05, 0) is 44.0 Å². The largest absolute Gasteiger partial charge is 0.488 e. The summed E-state index contributed by atoms with van der Waals surface area (Å²) in [5.74, 6) is -1.43. The van der Waals surface area contributed by atoms with Crippen LogP contribution in [0, 0.1) is 11.7 Å².